The zero-order valence-electron chi connectivity index (χ0n) is 20.2. The average molecular weight is 474 g/mol. The van der Waals surface area contributed by atoms with Crippen LogP contribution in [0.4, 0.5) is 0 Å². The number of aromatic nitrogens is 1. The quantitative estimate of drug-likeness (QED) is 0.261. The molecule has 33 heavy (non-hydrogen) atoms. The number of aryl methyl sites for hydroxylation is 1. The largest absolute Gasteiger partial charge is 0.353 e. The summed E-state index contributed by atoms with van der Waals surface area (Å²) in [5, 5.41) is 0. The lowest BCUT2D eigenvalue weighted by atomic mass is 10.1. The fourth-order valence-corrected chi connectivity index (χ4v) is 5.22. The van der Waals surface area contributed by atoms with Gasteiger partial charge in [-0.3, -0.25) is 4.79 Å². The number of sulfonamides is 1. The molecule has 1 aromatic heterocycles. The molecule has 1 heterocycles. The number of benzene rings is 1. The lowest BCUT2D eigenvalue weighted by Crippen LogP contribution is -2.43. The van der Waals surface area contributed by atoms with Gasteiger partial charge >= 0.3 is 0 Å². The number of carbonyl (C=O) groups excluding carboxylic acids is 1. The summed E-state index contributed by atoms with van der Waals surface area (Å²) in [5.74, 6) is -0.148. The molecule has 0 fully saturated rings. The molecule has 0 aliphatic rings. The molecule has 0 aliphatic carbocycles. The van der Waals surface area contributed by atoms with Crippen molar-refractivity contribution in [1.82, 2.24) is 13.8 Å². The first kappa shape index (κ1) is 26.9. The first-order valence-corrected chi connectivity index (χ1v) is 13.5. The maximum absolute atomic E-state index is 13.3. The zero-order valence-corrected chi connectivity index (χ0v) is 21.0. The van der Waals surface area contributed by atoms with Crippen LogP contribution in [-0.4, -0.2) is 46.9 Å². The third kappa shape index (κ3) is 9.18. The highest BCUT2D eigenvalue weighted by molar-refractivity contribution is 7.89. The molecule has 182 valence electrons. The van der Waals surface area contributed by atoms with Crippen LogP contribution in [-0.2, 0) is 35.0 Å². The van der Waals surface area contributed by atoms with Crippen molar-refractivity contribution in [2.24, 2.45) is 7.05 Å². The maximum atomic E-state index is 13.3. The van der Waals surface area contributed by atoms with Gasteiger partial charge in [-0.15, -0.1) is 6.58 Å². The highest BCUT2D eigenvalue weighted by atomic mass is 32.2. The van der Waals surface area contributed by atoms with Crippen molar-refractivity contribution in [3.63, 3.8) is 0 Å². The Labute approximate surface area is 199 Å². The van der Waals surface area contributed by atoms with Gasteiger partial charge < -0.3 is 9.47 Å². The van der Waals surface area contributed by atoms with Crippen LogP contribution < -0.4 is 0 Å². The molecule has 0 saturated carbocycles. The van der Waals surface area contributed by atoms with E-state index in [0.717, 1.165) is 36.9 Å². The Morgan fingerprint density at radius 3 is 2.33 bits per heavy atom. The fraction of sp³-hybridized carbons (Fsp3) is 0.500. The van der Waals surface area contributed by atoms with Crippen molar-refractivity contribution in [1.29, 1.82) is 0 Å². The van der Waals surface area contributed by atoms with Crippen LogP contribution in [0, 0.1) is 0 Å². The van der Waals surface area contributed by atoms with Gasteiger partial charge in [0.25, 0.3) is 0 Å². The summed E-state index contributed by atoms with van der Waals surface area (Å²) >= 11 is 0. The van der Waals surface area contributed by atoms with Crippen LogP contribution in [0.5, 0.6) is 0 Å². The van der Waals surface area contributed by atoms with Gasteiger partial charge in [-0.1, -0.05) is 75.4 Å². The van der Waals surface area contributed by atoms with Crippen LogP contribution in [0.3, 0.4) is 0 Å². The summed E-state index contributed by atoms with van der Waals surface area (Å²) in [5.41, 5.74) is 2.00. The van der Waals surface area contributed by atoms with Crippen molar-refractivity contribution in [2.75, 3.05) is 18.8 Å². The zero-order chi connectivity index (χ0) is 24.1. The maximum Gasteiger partial charge on any atom is 0.238 e. The lowest BCUT2D eigenvalue weighted by molar-refractivity contribution is -0.132. The third-order valence-electron chi connectivity index (χ3n) is 5.77. The Kier molecular flexibility index (Phi) is 11.4. The summed E-state index contributed by atoms with van der Waals surface area (Å²) in [7, 11) is -1.60. The second-order valence-corrected chi connectivity index (χ2v) is 10.6. The Balaban J connectivity index is 2.08. The van der Waals surface area contributed by atoms with Gasteiger partial charge in [0, 0.05) is 32.0 Å². The summed E-state index contributed by atoms with van der Waals surface area (Å²) in [4.78, 5) is 15.1. The van der Waals surface area contributed by atoms with E-state index in [1.807, 2.05) is 60.3 Å². The summed E-state index contributed by atoms with van der Waals surface area (Å²) in [6.45, 7) is 6.65. The van der Waals surface area contributed by atoms with Crippen molar-refractivity contribution in [3.8, 4) is 0 Å². The monoisotopic (exact) mass is 473 g/mol. The SMILES string of the molecule is C=CCN(CC(=O)N(Cc1ccccc1)Cc1cccn1C)S(=O)(=O)CCCCCCCC. The molecule has 2 aromatic rings. The van der Waals surface area contributed by atoms with Gasteiger partial charge in [-0.2, -0.15) is 4.31 Å². The number of unbranched alkanes of at least 4 members (excludes halogenated alkanes) is 5. The van der Waals surface area contributed by atoms with Crippen LogP contribution in [0.2, 0.25) is 0 Å². The number of nitrogens with zero attached hydrogens (tertiary/aromatic N) is 3. The topological polar surface area (TPSA) is 62.6 Å². The highest BCUT2D eigenvalue weighted by Crippen LogP contribution is 2.14. The van der Waals surface area contributed by atoms with Gasteiger partial charge in [-0.25, -0.2) is 8.42 Å². The van der Waals surface area contributed by atoms with Crippen LogP contribution in [0.15, 0.2) is 61.3 Å². The van der Waals surface area contributed by atoms with Crippen molar-refractivity contribution in [2.45, 2.75) is 58.5 Å². The van der Waals surface area contributed by atoms with E-state index in [1.54, 1.807) is 11.0 Å². The molecular formula is C26H39N3O3S. The van der Waals surface area contributed by atoms with E-state index in [0.29, 0.717) is 19.5 Å². The van der Waals surface area contributed by atoms with E-state index in [-0.39, 0.29) is 24.7 Å². The number of hydrogen-bond acceptors (Lipinski definition) is 3. The lowest BCUT2D eigenvalue weighted by Gasteiger charge is -2.27. The van der Waals surface area contributed by atoms with Crippen LogP contribution in [0.1, 0.15) is 56.7 Å². The molecule has 0 unspecified atom stereocenters. The Bertz CT molecular complexity index is 954. The second kappa shape index (κ2) is 14.0. The van der Waals surface area contributed by atoms with E-state index in [9.17, 15) is 13.2 Å². The van der Waals surface area contributed by atoms with Gasteiger partial charge in [0.1, 0.15) is 0 Å². The third-order valence-corrected chi connectivity index (χ3v) is 7.64. The van der Waals surface area contributed by atoms with Crippen LogP contribution >= 0.6 is 0 Å². The molecule has 0 atom stereocenters. The minimum atomic E-state index is -3.54. The van der Waals surface area contributed by atoms with Crippen molar-refractivity contribution in [3.05, 3.63) is 72.6 Å². The molecule has 0 spiro atoms. The predicted molar refractivity (Wildman–Crippen MR) is 135 cm³/mol. The number of hydrogen-bond donors (Lipinski definition) is 0. The van der Waals surface area contributed by atoms with Gasteiger partial charge in [0.15, 0.2) is 0 Å². The second-order valence-electron chi connectivity index (χ2n) is 8.51. The van der Waals surface area contributed by atoms with E-state index >= 15 is 0 Å². The van der Waals surface area contributed by atoms with Gasteiger partial charge in [0.2, 0.25) is 15.9 Å². The normalized spacial score (nSPS) is 11.6. The number of rotatable bonds is 16. The molecule has 1 aromatic carbocycles. The average Bonchev–Trinajstić information content (AvgIpc) is 3.20. The molecule has 0 aliphatic heterocycles. The molecule has 0 saturated heterocycles. The minimum Gasteiger partial charge on any atom is -0.353 e. The van der Waals surface area contributed by atoms with Crippen molar-refractivity contribution >= 4 is 15.9 Å². The molecule has 2 rings (SSSR count). The Hall–Kier alpha value is -2.38. The fourth-order valence-electron chi connectivity index (χ4n) is 3.76. The minimum absolute atomic E-state index is 0.0662. The van der Waals surface area contributed by atoms with Crippen molar-refractivity contribution < 1.29 is 13.2 Å². The first-order valence-electron chi connectivity index (χ1n) is 11.9. The first-order chi connectivity index (χ1) is 15.9. The van der Waals surface area contributed by atoms with Crippen LogP contribution in [0.25, 0.3) is 0 Å². The standard InChI is InChI=1S/C26H39N3O3S/c1-4-6-7-8-9-13-20-33(31,32)29(18-5-2)23-26(30)28(21-24-15-11-10-12-16-24)22-25-17-14-19-27(25)3/h5,10-12,14-17,19H,2,4,6-9,13,18,20-23H2,1,3H3. The molecule has 0 radical (unpaired) electrons. The summed E-state index contributed by atoms with van der Waals surface area (Å²) in [6, 6.07) is 13.7. The van der Waals surface area contributed by atoms with E-state index < -0.39 is 10.0 Å². The molecule has 7 heteroatoms. The smallest absolute Gasteiger partial charge is 0.238 e. The molecule has 6 nitrogen and oxygen atoms in total. The Morgan fingerprint density at radius 1 is 1.00 bits per heavy atom. The van der Waals surface area contributed by atoms with E-state index in [1.165, 1.54) is 10.7 Å². The van der Waals surface area contributed by atoms with Gasteiger partial charge in [0.05, 0.1) is 18.8 Å². The molecule has 1 amide bonds. The highest BCUT2D eigenvalue weighted by Gasteiger charge is 2.26. The summed E-state index contributed by atoms with van der Waals surface area (Å²) in [6.07, 6.45) is 9.52. The predicted octanol–water partition coefficient (Wildman–Crippen LogP) is 4.73. The molecular weight excluding hydrogens is 434 g/mol. The number of carbonyl (C=O) groups is 1. The van der Waals surface area contributed by atoms with Gasteiger partial charge in [-0.05, 0) is 24.1 Å². The van der Waals surface area contributed by atoms with E-state index in [2.05, 4.69) is 13.5 Å². The van der Waals surface area contributed by atoms with E-state index in [4.69, 9.17) is 0 Å². The molecule has 0 bridgehead atoms. The summed E-state index contributed by atoms with van der Waals surface area (Å²) < 4.78 is 29.3. The Morgan fingerprint density at radius 2 is 1.70 bits per heavy atom. The number of amides is 1. The molecule has 0 N–H and O–H groups in total.